The molecule has 0 spiro atoms. The molecular formula is C15H21N3. The second-order valence-corrected chi connectivity index (χ2v) is 4.95. The first-order valence-corrected chi connectivity index (χ1v) is 6.43. The largest absolute Gasteiger partial charge is 0.327 e. The molecule has 0 aliphatic rings. The lowest BCUT2D eigenvalue weighted by atomic mass is 9.98. The van der Waals surface area contributed by atoms with Crippen molar-refractivity contribution in [3.05, 3.63) is 53.3 Å². The number of aromatic nitrogens is 2. The number of aryl methyl sites for hydroxylation is 3. The third kappa shape index (κ3) is 3.44. The standard InChI is InChI=1S/C15H21N3/c1-12-5-3-4-6-14(12)9-15(16)8-7-13-10-17-18(2)11-13/h3-6,10-11,15H,7-9,16H2,1-2H3. The molecule has 0 aliphatic carbocycles. The van der Waals surface area contributed by atoms with Crippen molar-refractivity contribution >= 4 is 0 Å². The predicted molar refractivity (Wildman–Crippen MR) is 74.4 cm³/mol. The molecule has 3 nitrogen and oxygen atoms in total. The predicted octanol–water partition coefficient (Wildman–Crippen LogP) is 2.23. The van der Waals surface area contributed by atoms with Crippen LogP contribution in [0.4, 0.5) is 0 Å². The van der Waals surface area contributed by atoms with Crippen molar-refractivity contribution in [1.82, 2.24) is 9.78 Å². The number of hydrogen-bond acceptors (Lipinski definition) is 2. The van der Waals surface area contributed by atoms with Crippen LogP contribution >= 0.6 is 0 Å². The van der Waals surface area contributed by atoms with Gasteiger partial charge in [-0.15, -0.1) is 0 Å². The van der Waals surface area contributed by atoms with Gasteiger partial charge in [-0.05, 0) is 42.9 Å². The molecule has 0 amide bonds. The maximum atomic E-state index is 6.20. The number of nitrogens with zero attached hydrogens (tertiary/aromatic N) is 2. The summed E-state index contributed by atoms with van der Waals surface area (Å²) < 4.78 is 1.84. The third-order valence-electron chi connectivity index (χ3n) is 3.31. The average Bonchev–Trinajstić information content (AvgIpc) is 2.76. The van der Waals surface area contributed by atoms with E-state index in [0.29, 0.717) is 0 Å². The van der Waals surface area contributed by atoms with E-state index in [1.807, 2.05) is 17.9 Å². The fourth-order valence-corrected chi connectivity index (χ4v) is 2.18. The Labute approximate surface area is 109 Å². The van der Waals surface area contributed by atoms with E-state index in [1.165, 1.54) is 16.7 Å². The van der Waals surface area contributed by atoms with Crippen LogP contribution in [0.5, 0.6) is 0 Å². The van der Waals surface area contributed by atoms with Crippen molar-refractivity contribution in [2.75, 3.05) is 0 Å². The van der Waals surface area contributed by atoms with Crippen LogP contribution in [-0.4, -0.2) is 15.8 Å². The zero-order chi connectivity index (χ0) is 13.0. The van der Waals surface area contributed by atoms with E-state index in [2.05, 4.69) is 42.5 Å². The smallest absolute Gasteiger partial charge is 0.0521 e. The maximum Gasteiger partial charge on any atom is 0.0521 e. The molecule has 1 unspecified atom stereocenters. The van der Waals surface area contributed by atoms with Gasteiger partial charge in [-0.25, -0.2) is 0 Å². The van der Waals surface area contributed by atoms with Gasteiger partial charge in [-0.2, -0.15) is 5.10 Å². The number of hydrogen-bond donors (Lipinski definition) is 1. The van der Waals surface area contributed by atoms with Gasteiger partial charge >= 0.3 is 0 Å². The van der Waals surface area contributed by atoms with Crippen LogP contribution in [0, 0.1) is 6.92 Å². The normalized spacial score (nSPS) is 12.6. The monoisotopic (exact) mass is 243 g/mol. The van der Waals surface area contributed by atoms with Crippen LogP contribution in [0.15, 0.2) is 36.7 Å². The zero-order valence-corrected chi connectivity index (χ0v) is 11.1. The number of benzene rings is 1. The van der Waals surface area contributed by atoms with Crippen molar-refractivity contribution in [3.8, 4) is 0 Å². The van der Waals surface area contributed by atoms with E-state index in [0.717, 1.165) is 19.3 Å². The molecule has 2 rings (SSSR count). The second-order valence-electron chi connectivity index (χ2n) is 4.95. The van der Waals surface area contributed by atoms with Gasteiger partial charge < -0.3 is 5.73 Å². The Morgan fingerprint density at radius 3 is 2.78 bits per heavy atom. The van der Waals surface area contributed by atoms with Crippen LogP contribution < -0.4 is 5.73 Å². The molecule has 1 atom stereocenters. The first kappa shape index (κ1) is 12.8. The van der Waals surface area contributed by atoms with Gasteiger partial charge in [0.15, 0.2) is 0 Å². The Hall–Kier alpha value is -1.61. The van der Waals surface area contributed by atoms with Crippen molar-refractivity contribution < 1.29 is 0 Å². The minimum atomic E-state index is 0.214. The lowest BCUT2D eigenvalue weighted by Gasteiger charge is -2.12. The fourth-order valence-electron chi connectivity index (χ4n) is 2.18. The first-order valence-electron chi connectivity index (χ1n) is 6.43. The van der Waals surface area contributed by atoms with E-state index in [-0.39, 0.29) is 6.04 Å². The second kappa shape index (κ2) is 5.83. The molecular weight excluding hydrogens is 222 g/mol. The Morgan fingerprint density at radius 1 is 1.33 bits per heavy atom. The first-order chi connectivity index (χ1) is 8.65. The maximum absolute atomic E-state index is 6.20. The van der Waals surface area contributed by atoms with Crippen LogP contribution in [0.3, 0.4) is 0 Å². The Bertz CT molecular complexity index is 502. The van der Waals surface area contributed by atoms with Crippen molar-refractivity contribution in [1.29, 1.82) is 0 Å². The quantitative estimate of drug-likeness (QED) is 0.875. The molecule has 0 bridgehead atoms. The molecule has 0 saturated carbocycles. The molecule has 18 heavy (non-hydrogen) atoms. The molecule has 1 aromatic carbocycles. The topological polar surface area (TPSA) is 43.8 Å². The van der Waals surface area contributed by atoms with Crippen LogP contribution in [0.2, 0.25) is 0 Å². The van der Waals surface area contributed by atoms with E-state index in [9.17, 15) is 0 Å². The minimum Gasteiger partial charge on any atom is -0.327 e. The van der Waals surface area contributed by atoms with Crippen LogP contribution in [-0.2, 0) is 19.9 Å². The summed E-state index contributed by atoms with van der Waals surface area (Å²) in [6, 6.07) is 8.67. The van der Waals surface area contributed by atoms with Gasteiger partial charge in [0.05, 0.1) is 6.20 Å². The molecule has 96 valence electrons. The summed E-state index contributed by atoms with van der Waals surface area (Å²) in [5, 5.41) is 4.17. The number of rotatable bonds is 5. The molecule has 3 heteroatoms. The van der Waals surface area contributed by atoms with E-state index >= 15 is 0 Å². The summed E-state index contributed by atoms with van der Waals surface area (Å²) in [6.45, 7) is 2.14. The lowest BCUT2D eigenvalue weighted by Crippen LogP contribution is -2.23. The molecule has 0 aliphatic heterocycles. The summed E-state index contributed by atoms with van der Waals surface area (Å²) in [6.07, 6.45) is 6.93. The van der Waals surface area contributed by atoms with Gasteiger partial charge in [0.1, 0.15) is 0 Å². The highest BCUT2D eigenvalue weighted by Crippen LogP contribution is 2.12. The van der Waals surface area contributed by atoms with Crippen LogP contribution in [0.1, 0.15) is 23.1 Å². The molecule has 0 saturated heterocycles. The van der Waals surface area contributed by atoms with Crippen LogP contribution in [0.25, 0.3) is 0 Å². The molecule has 0 fully saturated rings. The third-order valence-corrected chi connectivity index (χ3v) is 3.31. The summed E-state index contributed by atoms with van der Waals surface area (Å²) in [4.78, 5) is 0. The summed E-state index contributed by atoms with van der Waals surface area (Å²) in [5.74, 6) is 0. The summed E-state index contributed by atoms with van der Waals surface area (Å²) in [7, 11) is 1.94. The molecule has 2 N–H and O–H groups in total. The lowest BCUT2D eigenvalue weighted by molar-refractivity contribution is 0.609. The fraction of sp³-hybridized carbons (Fsp3) is 0.400. The number of nitrogens with two attached hydrogens (primary N) is 1. The van der Waals surface area contributed by atoms with Gasteiger partial charge in [0, 0.05) is 19.3 Å². The highest BCUT2D eigenvalue weighted by atomic mass is 15.2. The Kier molecular flexibility index (Phi) is 4.15. The van der Waals surface area contributed by atoms with Gasteiger partial charge in [-0.1, -0.05) is 24.3 Å². The summed E-state index contributed by atoms with van der Waals surface area (Å²) >= 11 is 0. The molecule has 2 aromatic rings. The average molecular weight is 243 g/mol. The van der Waals surface area contributed by atoms with E-state index in [1.54, 1.807) is 0 Å². The van der Waals surface area contributed by atoms with E-state index in [4.69, 9.17) is 5.73 Å². The summed E-state index contributed by atoms with van der Waals surface area (Å²) in [5.41, 5.74) is 10.1. The van der Waals surface area contributed by atoms with Crippen molar-refractivity contribution in [2.45, 2.75) is 32.2 Å². The molecule has 1 heterocycles. The van der Waals surface area contributed by atoms with Crippen molar-refractivity contribution in [3.63, 3.8) is 0 Å². The van der Waals surface area contributed by atoms with Gasteiger partial charge in [0.25, 0.3) is 0 Å². The van der Waals surface area contributed by atoms with E-state index < -0.39 is 0 Å². The minimum absolute atomic E-state index is 0.214. The van der Waals surface area contributed by atoms with Gasteiger partial charge in [0.2, 0.25) is 0 Å². The molecule has 1 aromatic heterocycles. The Balaban J connectivity index is 1.85. The highest BCUT2D eigenvalue weighted by Gasteiger charge is 2.07. The molecule has 0 radical (unpaired) electrons. The van der Waals surface area contributed by atoms with Crippen molar-refractivity contribution in [2.24, 2.45) is 12.8 Å². The highest BCUT2D eigenvalue weighted by molar-refractivity contribution is 5.26. The van der Waals surface area contributed by atoms with Gasteiger partial charge in [-0.3, -0.25) is 4.68 Å². The SMILES string of the molecule is Cc1ccccc1CC(N)CCc1cnn(C)c1. The zero-order valence-electron chi connectivity index (χ0n) is 11.1. The Morgan fingerprint density at radius 2 is 2.11 bits per heavy atom.